The molecule has 0 spiro atoms. The molecule has 0 aliphatic carbocycles. The summed E-state index contributed by atoms with van der Waals surface area (Å²) in [6.45, 7) is 10.8. The Kier molecular flexibility index (Phi) is 6.97. The van der Waals surface area contributed by atoms with Crippen molar-refractivity contribution in [3.8, 4) is 5.75 Å². The largest absolute Gasteiger partial charge is 0.498 e. The van der Waals surface area contributed by atoms with E-state index in [9.17, 15) is 9.90 Å². The van der Waals surface area contributed by atoms with Crippen molar-refractivity contribution in [3.05, 3.63) is 70.9 Å². The normalized spacial score (nSPS) is 16.4. The fourth-order valence-electron chi connectivity index (χ4n) is 5.27. The van der Waals surface area contributed by atoms with Gasteiger partial charge in [0, 0.05) is 27.8 Å². The van der Waals surface area contributed by atoms with Crippen molar-refractivity contribution in [2.75, 3.05) is 6.61 Å². The van der Waals surface area contributed by atoms with Gasteiger partial charge >= 0.3 is 13.1 Å². The number of carboxylic acid groups (broad SMARTS) is 1. The van der Waals surface area contributed by atoms with E-state index >= 15 is 0 Å². The van der Waals surface area contributed by atoms with E-state index in [0.717, 1.165) is 33.0 Å². The number of aromatic carboxylic acids is 1. The van der Waals surface area contributed by atoms with Crippen LogP contribution >= 0.6 is 11.6 Å². The maximum Gasteiger partial charge on any atom is 0.498 e. The van der Waals surface area contributed by atoms with Gasteiger partial charge in [-0.1, -0.05) is 54.1 Å². The Bertz CT molecular complexity index is 1510. The minimum Gasteiger partial charge on any atom is -0.493 e. The molecule has 8 heteroatoms. The van der Waals surface area contributed by atoms with Crippen LogP contribution in [-0.2, 0) is 22.3 Å². The van der Waals surface area contributed by atoms with Gasteiger partial charge in [0.1, 0.15) is 11.4 Å². The third-order valence-electron chi connectivity index (χ3n) is 7.90. The minimum absolute atomic E-state index is 0.271. The van der Waals surface area contributed by atoms with Crippen LogP contribution in [0.5, 0.6) is 5.75 Å². The maximum atomic E-state index is 12.5. The van der Waals surface area contributed by atoms with Crippen molar-refractivity contribution >= 4 is 51.8 Å². The second kappa shape index (κ2) is 9.95. The van der Waals surface area contributed by atoms with E-state index in [1.807, 2.05) is 81.7 Å². The van der Waals surface area contributed by atoms with Crippen LogP contribution < -0.4 is 10.2 Å². The summed E-state index contributed by atoms with van der Waals surface area (Å²) in [4.78, 5) is 12.5. The number of aromatic nitrogens is 1. The zero-order valence-electron chi connectivity index (χ0n) is 22.5. The van der Waals surface area contributed by atoms with Crippen LogP contribution in [0.2, 0.25) is 5.02 Å². The average Bonchev–Trinajstić information content (AvgIpc) is 3.30. The molecule has 0 amide bonds. The van der Waals surface area contributed by atoms with E-state index in [1.54, 1.807) is 0 Å². The second-order valence-corrected chi connectivity index (χ2v) is 11.2. The Labute approximate surface area is 228 Å². The van der Waals surface area contributed by atoms with Gasteiger partial charge in [0.05, 0.1) is 23.3 Å². The van der Waals surface area contributed by atoms with Crippen molar-refractivity contribution in [3.63, 3.8) is 0 Å². The predicted octanol–water partition coefficient (Wildman–Crippen LogP) is 6.48. The van der Waals surface area contributed by atoms with Gasteiger partial charge in [0.15, 0.2) is 0 Å². The molecule has 0 atom stereocenters. The molecule has 1 saturated heterocycles. The SMILES string of the molecule is CCn1c(C(=O)O)c(CCCOc2cccc3ccccc23)c2ccc(Cl)c(B3OC(C)(C)C(C)(C)O3)c21. The monoisotopic (exact) mass is 533 g/mol. The van der Waals surface area contributed by atoms with Gasteiger partial charge < -0.3 is 23.7 Å². The fraction of sp³-hybridized carbons (Fsp3) is 0.367. The lowest BCUT2D eigenvalue weighted by Gasteiger charge is -2.32. The molecule has 1 fully saturated rings. The first kappa shape index (κ1) is 26.6. The quantitative estimate of drug-likeness (QED) is 0.207. The minimum atomic E-state index is -0.969. The number of carbonyl (C=O) groups is 1. The highest BCUT2D eigenvalue weighted by Gasteiger charge is 2.53. The van der Waals surface area contributed by atoms with Gasteiger partial charge in [-0.2, -0.15) is 0 Å². The Hall–Kier alpha value is -3.00. The van der Waals surface area contributed by atoms with Gasteiger partial charge in [-0.05, 0) is 70.5 Å². The van der Waals surface area contributed by atoms with Crippen molar-refractivity contribution in [1.29, 1.82) is 0 Å². The van der Waals surface area contributed by atoms with E-state index in [0.29, 0.717) is 36.5 Å². The molecule has 38 heavy (non-hydrogen) atoms. The summed E-state index contributed by atoms with van der Waals surface area (Å²) >= 11 is 6.74. The number of rotatable bonds is 8. The summed E-state index contributed by atoms with van der Waals surface area (Å²) < 4.78 is 20.7. The number of halogens is 1. The summed E-state index contributed by atoms with van der Waals surface area (Å²) in [5.41, 5.74) is 1.36. The highest BCUT2D eigenvalue weighted by molar-refractivity contribution is 6.68. The number of ether oxygens (including phenoxy) is 1. The summed E-state index contributed by atoms with van der Waals surface area (Å²) in [5.74, 6) is -0.142. The predicted molar refractivity (Wildman–Crippen MR) is 153 cm³/mol. The van der Waals surface area contributed by atoms with Crippen LogP contribution in [0.15, 0.2) is 54.6 Å². The fourth-order valence-corrected chi connectivity index (χ4v) is 5.51. The zero-order chi connectivity index (χ0) is 27.2. The van der Waals surface area contributed by atoms with Crippen molar-refractivity contribution in [2.45, 2.75) is 65.2 Å². The summed E-state index contributed by atoms with van der Waals surface area (Å²) in [7, 11) is -0.708. The Balaban J connectivity index is 1.49. The van der Waals surface area contributed by atoms with Crippen molar-refractivity contribution in [1.82, 2.24) is 4.57 Å². The summed E-state index contributed by atoms with van der Waals surface area (Å²) in [5, 5.41) is 13.8. The van der Waals surface area contributed by atoms with Crippen LogP contribution in [0.25, 0.3) is 21.7 Å². The molecule has 2 heterocycles. The molecule has 198 valence electrons. The van der Waals surface area contributed by atoms with E-state index in [2.05, 4.69) is 12.1 Å². The Morgan fingerprint density at radius 2 is 1.68 bits per heavy atom. The van der Waals surface area contributed by atoms with Gasteiger partial charge in [-0.15, -0.1) is 0 Å². The topological polar surface area (TPSA) is 69.9 Å². The molecule has 5 rings (SSSR count). The number of benzene rings is 3. The maximum absolute atomic E-state index is 12.5. The highest BCUT2D eigenvalue weighted by Crippen LogP contribution is 2.39. The van der Waals surface area contributed by atoms with Gasteiger partial charge in [-0.3, -0.25) is 0 Å². The number of nitrogens with zero attached hydrogens (tertiary/aromatic N) is 1. The molecule has 1 aliphatic rings. The van der Waals surface area contributed by atoms with E-state index in [4.69, 9.17) is 25.6 Å². The van der Waals surface area contributed by atoms with Gasteiger partial charge in [0.2, 0.25) is 0 Å². The molecule has 1 aromatic heterocycles. The molecule has 4 aromatic rings. The molecule has 0 radical (unpaired) electrons. The van der Waals surface area contributed by atoms with Gasteiger partial charge in [0.25, 0.3) is 0 Å². The number of aryl methyl sites for hydroxylation is 2. The molecular weight excluding hydrogens is 501 g/mol. The van der Waals surface area contributed by atoms with Crippen molar-refractivity contribution < 1.29 is 23.9 Å². The molecule has 1 N–H and O–H groups in total. The van der Waals surface area contributed by atoms with Crippen LogP contribution in [0.4, 0.5) is 0 Å². The summed E-state index contributed by atoms with van der Waals surface area (Å²) in [6, 6.07) is 17.8. The smallest absolute Gasteiger partial charge is 0.493 e. The first-order chi connectivity index (χ1) is 18.1. The van der Waals surface area contributed by atoms with Crippen molar-refractivity contribution in [2.24, 2.45) is 0 Å². The Morgan fingerprint density at radius 3 is 2.37 bits per heavy atom. The highest BCUT2D eigenvalue weighted by atomic mass is 35.5. The number of carboxylic acids is 1. The first-order valence-electron chi connectivity index (χ1n) is 13.1. The van der Waals surface area contributed by atoms with Crippen LogP contribution in [0.3, 0.4) is 0 Å². The number of hydrogen-bond acceptors (Lipinski definition) is 4. The number of fused-ring (bicyclic) bond motifs is 2. The Morgan fingerprint density at radius 1 is 1.00 bits per heavy atom. The standard InChI is InChI=1S/C30H33BClNO5/c1-6-33-26-22(16-17-23(32)25(26)31-37-29(2,3)30(4,5)38-31)21(27(33)28(34)35)14-10-18-36-24-15-9-12-19-11-7-8-13-20(19)24/h7-9,11-13,15-17H,6,10,14,18H2,1-5H3,(H,34,35). The molecular formula is C30H33BClNO5. The molecule has 0 unspecified atom stereocenters. The number of hydrogen-bond donors (Lipinski definition) is 1. The molecule has 3 aromatic carbocycles. The van der Waals surface area contributed by atoms with Gasteiger partial charge in [-0.25, -0.2) is 4.79 Å². The second-order valence-electron chi connectivity index (χ2n) is 10.8. The molecule has 1 aliphatic heterocycles. The lowest BCUT2D eigenvalue weighted by molar-refractivity contribution is 0.00578. The molecule has 6 nitrogen and oxygen atoms in total. The van der Waals surface area contributed by atoms with Crippen LogP contribution in [-0.4, -0.2) is 40.6 Å². The lowest BCUT2D eigenvalue weighted by Crippen LogP contribution is -2.41. The first-order valence-corrected chi connectivity index (χ1v) is 13.5. The van der Waals surface area contributed by atoms with E-state index in [-0.39, 0.29) is 5.69 Å². The lowest BCUT2D eigenvalue weighted by atomic mass is 9.77. The van der Waals surface area contributed by atoms with Crippen LogP contribution in [0.1, 0.15) is 57.1 Å². The molecule has 0 saturated carbocycles. The van der Waals surface area contributed by atoms with E-state index in [1.165, 1.54) is 0 Å². The average molecular weight is 534 g/mol. The summed E-state index contributed by atoms with van der Waals surface area (Å²) in [6.07, 6.45) is 1.20. The zero-order valence-corrected chi connectivity index (χ0v) is 23.3. The van der Waals surface area contributed by atoms with E-state index < -0.39 is 24.3 Å². The third kappa shape index (κ3) is 4.47. The molecule has 0 bridgehead atoms. The van der Waals surface area contributed by atoms with Crippen LogP contribution in [0, 0.1) is 0 Å². The third-order valence-corrected chi connectivity index (χ3v) is 8.23.